The number of benzene rings is 1. The summed E-state index contributed by atoms with van der Waals surface area (Å²) < 4.78 is 1.59. The van der Waals surface area contributed by atoms with Gasteiger partial charge in [0, 0.05) is 6.54 Å². The molecule has 1 fully saturated rings. The molecule has 1 aromatic carbocycles. The Morgan fingerprint density at radius 1 is 1.29 bits per heavy atom. The van der Waals surface area contributed by atoms with E-state index in [1.807, 2.05) is 30.3 Å². The van der Waals surface area contributed by atoms with Gasteiger partial charge in [0.05, 0.1) is 24.5 Å². The molecule has 0 spiro atoms. The average Bonchev–Trinajstić information content (AvgIpc) is 3.05. The van der Waals surface area contributed by atoms with Gasteiger partial charge >= 0.3 is 0 Å². The summed E-state index contributed by atoms with van der Waals surface area (Å²) in [5.74, 6) is -0.157. The van der Waals surface area contributed by atoms with Crippen LogP contribution in [0.1, 0.15) is 29.8 Å². The van der Waals surface area contributed by atoms with Crippen LogP contribution in [0.3, 0.4) is 0 Å². The van der Waals surface area contributed by atoms with Gasteiger partial charge in [-0.25, -0.2) is 4.68 Å². The number of rotatable bonds is 3. The lowest BCUT2D eigenvalue weighted by molar-refractivity contribution is 0.0497. The molecule has 6 heteroatoms. The van der Waals surface area contributed by atoms with E-state index in [1.54, 1.807) is 15.8 Å². The zero-order chi connectivity index (χ0) is 14.7. The minimum atomic E-state index is -0.157. The predicted octanol–water partition coefficient (Wildman–Crippen LogP) is 1.25. The number of likely N-dealkylation sites (tertiary alicyclic amines) is 1. The molecule has 1 saturated heterocycles. The van der Waals surface area contributed by atoms with Crippen molar-refractivity contribution in [1.29, 1.82) is 0 Å². The number of aliphatic hydroxyl groups excluding tert-OH is 1. The van der Waals surface area contributed by atoms with E-state index in [-0.39, 0.29) is 18.6 Å². The van der Waals surface area contributed by atoms with Crippen molar-refractivity contribution in [3.8, 4) is 5.69 Å². The highest BCUT2D eigenvalue weighted by molar-refractivity contribution is 5.92. The number of hydrogen-bond donors (Lipinski definition) is 1. The van der Waals surface area contributed by atoms with Gasteiger partial charge in [-0.2, -0.15) is 0 Å². The van der Waals surface area contributed by atoms with Crippen LogP contribution in [-0.2, 0) is 0 Å². The fraction of sp³-hybridized carbons (Fsp3) is 0.400. The molecular weight excluding hydrogens is 268 g/mol. The molecule has 1 unspecified atom stereocenters. The Labute approximate surface area is 123 Å². The summed E-state index contributed by atoms with van der Waals surface area (Å²) in [6, 6.07) is 9.44. The van der Waals surface area contributed by atoms with Crippen molar-refractivity contribution in [2.24, 2.45) is 0 Å². The van der Waals surface area contributed by atoms with Crippen LogP contribution in [0, 0.1) is 0 Å². The maximum absolute atomic E-state index is 12.5. The third-order valence-electron chi connectivity index (χ3n) is 3.83. The minimum Gasteiger partial charge on any atom is -0.394 e. The standard InChI is InChI=1S/C15H18N4O2/c20-11-13-8-4-5-9-18(13)15(21)14-10-19(17-16-14)12-6-2-1-3-7-12/h1-3,6-7,10,13,20H,4-5,8-9,11H2. The molecule has 1 aromatic heterocycles. The van der Waals surface area contributed by atoms with Crippen LogP contribution in [0.2, 0.25) is 0 Å². The molecular formula is C15H18N4O2. The number of piperidine rings is 1. The summed E-state index contributed by atoms with van der Waals surface area (Å²) in [4.78, 5) is 14.2. The van der Waals surface area contributed by atoms with Crippen LogP contribution in [0.25, 0.3) is 5.69 Å². The van der Waals surface area contributed by atoms with E-state index < -0.39 is 0 Å². The quantitative estimate of drug-likeness (QED) is 0.922. The summed E-state index contributed by atoms with van der Waals surface area (Å²) in [6.45, 7) is 0.667. The largest absolute Gasteiger partial charge is 0.394 e. The lowest BCUT2D eigenvalue weighted by Gasteiger charge is -2.33. The molecule has 1 aliphatic rings. The van der Waals surface area contributed by atoms with Gasteiger partial charge in [0.15, 0.2) is 5.69 Å². The van der Waals surface area contributed by atoms with Gasteiger partial charge in [0.1, 0.15) is 0 Å². The average molecular weight is 286 g/mol. The van der Waals surface area contributed by atoms with Crippen LogP contribution in [-0.4, -0.2) is 50.1 Å². The van der Waals surface area contributed by atoms with Crippen LogP contribution in [0.15, 0.2) is 36.5 Å². The number of aromatic nitrogens is 3. The van der Waals surface area contributed by atoms with Crippen LogP contribution in [0.4, 0.5) is 0 Å². The van der Waals surface area contributed by atoms with Crippen LogP contribution >= 0.6 is 0 Å². The third kappa shape index (κ3) is 2.80. The highest BCUT2D eigenvalue weighted by Crippen LogP contribution is 2.19. The number of nitrogens with zero attached hydrogens (tertiary/aromatic N) is 4. The Morgan fingerprint density at radius 2 is 2.10 bits per heavy atom. The molecule has 2 aromatic rings. The molecule has 0 saturated carbocycles. The topological polar surface area (TPSA) is 71.2 Å². The highest BCUT2D eigenvalue weighted by atomic mass is 16.3. The maximum Gasteiger partial charge on any atom is 0.276 e. The Hall–Kier alpha value is -2.21. The Bertz CT molecular complexity index is 611. The van der Waals surface area contributed by atoms with E-state index in [2.05, 4.69) is 10.3 Å². The van der Waals surface area contributed by atoms with Gasteiger partial charge < -0.3 is 10.0 Å². The van der Waals surface area contributed by atoms with Crippen molar-refractivity contribution in [2.75, 3.05) is 13.2 Å². The first-order valence-electron chi connectivity index (χ1n) is 7.19. The summed E-state index contributed by atoms with van der Waals surface area (Å²) in [5, 5.41) is 17.4. The number of aliphatic hydroxyl groups is 1. The van der Waals surface area contributed by atoms with E-state index in [0.29, 0.717) is 12.2 Å². The fourth-order valence-corrected chi connectivity index (χ4v) is 2.67. The van der Waals surface area contributed by atoms with Gasteiger partial charge in [-0.05, 0) is 31.4 Å². The first kappa shape index (κ1) is 13.8. The second-order valence-corrected chi connectivity index (χ2v) is 5.21. The first-order valence-corrected chi connectivity index (χ1v) is 7.19. The van der Waals surface area contributed by atoms with E-state index >= 15 is 0 Å². The van der Waals surface area contributed by atoms with Gasteiger partial charge in [-0.15, -0.1) is 5.10 Å². The van der Waals surface area contributed by atoms with Crippen molar-refractivity contribution in [3.05, 3.63) is 42.2 Å². The molecule has 2 heterocycles. The van der Waals surface area contributed by atoms with Crippen LogP contribution < -0.4 is 0 Å². The van der Waals surface area contributed by atoms with Crippen molar-refractivity contribution in [2.45, 2.75) is 25.3 Å². The van der Waals surface area contributed by atoms with E-state index in [0.717, 1.165) is 24.9 Å². The summed E-state index contributed by atoms with van der Waals surface area (Å²) in [6.07, 6.45) is 4.50. The van der Waals surface area contributed by atoms with Crippen molar-refractivity contribution < 1.29 is 9.90 Å². The SMILES string of the molecule is O=C(c1cn(-c2ccccc2)nn1)N1CCCCC1CO. The second-order valence-electron chi connectivity index (χ2n) is 5.21. The minimum absolute atomic E-state index is 0.00143. The molecule has 1 atom stereocenters. The molecule has 6 nitrogen and oxygen atoms in total. The summed E-state index contributed by atoms with van der Waals surface area (Å²) in [7, 11) is 0. The van der Waals surface area contributed by atoms with Gasteiger partial charge in [-0.3, -0.25) is 4.79 Å². The van der Waals surface area contributed by atoms with Crippen molar-refractivity contribution in [1.82, 2.24) is 19.9 Å². The van der Waals surface area contributed by atoms with E-state index in [4.69, 9.17) is 0 Å². The van der Waals surface area contributed by atoms with Gasteiger partial charge in [-0.1, -0.05) is 23.4 Å². The molecule has 0 radical (unpaired) electrons. The first-order chi connectivity index (χ1) is 10.3. The lowest BCUT2D eigenvalue weighted by atomic mass is 10.0. The Balaban J connectivity index is 1.81. The number of carbonyl (C=O) groups excluding carboxylic acids is 1. The zero-order valence-corrected chi connectivity index (χ0v) is 11.7. The number of amides is 1. The monoisotopic (exact) mass is 286 g/mol. The maximum atomic E-state index is 12.5. The predicted molar refractivity (Wildman–Crippen MR) is 77.1 cm³/mol. The van der Waals surface area contributed by atoms with Crippen molar-refractivity contribution in [3.63, 3.8) is 0 Å². The van der Waals surface area contributed by atoms with Crippen LogP contribution in [0.5, 0.6) is 0 Å². The van der Waals surface area contributed by atoms with E-state index in [9.17, 15) is 9.90 Å². The lowest BCUT2D eigenvalue weighted by Crippen LogP contribution is -2.45. The van der Waals surface area contributed by atoms with Crippen molar-refractivity contribution >= 4 is 5.91 Å². The molecule has 0 bridgehead atoms. The van der Waals surface area contributed by atoms with E-state index in [1.165, 1.54) is 0 Å². The molecule has 110 valence electrons. The molecule has 0 aliphatic carbocycles. The Morgan fingerprint density at radius 3 is 2.86 bits per heavy atom. The number of carbonyl (C=O) groups is 1. The molecule has 3 rings (SSSR count). The second kappa shape index (κ2) is 6.05. The highest BCUT2D eigenvalue weighted by Gasteiger charge is 2.28. The molecule has 1 N–H and O–H groups in total. The third-order valence-corrected chi connectivity index (χ3v) is 3.83. The van der Waals surface area contributed by atoms with Gasteiger partial charge in [0.2, 0.25) is 0 Å². The normalized spacial score (nSPS) is 18.7. The summed E-state index contributed by atoms with van der Waals surface area (Å²) >= 11 is 0. The van der Waals surface area contributed by atoms with Gasteiger partial charge in [0.25, 0.3) is 5.91 Å². The molecule has 21 heavy (non-hydrogen) atoms. The zero-order valence-electron chi connectivity index (χ0n) is 11.7. The summed E-state index contributed by atoms with van der Waals surface area (Å²) in [5.41, 5.74) is 1.18. The fourth-order valence-electron chi connectivity index (χ4n) is 2.67. The number of para-hydroxylation sites is 1. The number of hydrogen-bond acceptors (Lipinski definition) is 4. The molecule has 1 aliphatic heterocycles. The smallest absolute Gasteiger partial charge is 0.276 e. The Kier molecular flexibility index (Phi) is 3.96. The molecule has 1 amide bonds.